The van der Waals surface area contributed by atoms with Crippen molar-refractivity contribution in [2.75, 3.05) is 12.3 Å². The number of carbonyl (C=O) groups is 1. The normalized spacial score (nSPS) is 19.1. The fraction of sp³-hybridized carbons (Fsp3) is 0.400. The van der Waals surface area contributed by atoms with Crippen LogP contribution in [0.5, 0.6) is 5.88 Å². The third kappa shape index (κ3) is 1.92. The zero-order valence-corrected chi connectivity index (χ0v) is 9.56. The highest BCUT2D eigenvalue weighted by molar-refractivity contribution is 5.78. The predicted molar refractivity (Wildman–Crippen MR) is 61.5 cm³/mol. The highest BCUT2D eigenvalue weighted by Gasteiger charge is 2.22. The lowest BCUT2D eigenvalue weighted by molar-refractivity contribution is -0.379. The number of fused-ring (bicyclic) bond motifs is 1. The smallest absolute Gasteiger partial charge is 0.392 e. The molecule has 2 aromatic heterocycles. The molecule has 0 spiro atoms. The molecule has 8 heteroatoms. The molecule has 1 atom stereocenters. The van der Waals surface area contributed by atoms with Crippen LogP contribution in [0, 0.1) is 0 Å². The molecule has 8 nitrogen and oxygen atoms in total. The molecule has 2 aromatic rings. The van der Waals surface area contributed by atoms with Crippen LogP contribution < -0.4 is 20.8 Å². The maximum absolute atomic E-state index is 11.1. The number of hydrogen-bond acceptors (Lipinski definition) is 5. The molecule has 5 N–H and O–H groups in total. The Kier molecular flexibility index (Phi) is 2.47. The van der Waals surface area contributed by atoms with Crippen LogP contribution >= 0.6 is 0 Å². The Hall–Kier alpha value is -2.38. The highest BCUT2D eigenvalue weighted by atomic mass is 16.5. The van der Waals surface area contributed by atoms with Gasteiger partial charge in [0.2, 0.25) is 5.91 Å². The molecule has 1 aliphatic heterocycles. The van der Waals surface area contributed by atoms with Gasteiger partial charge in [0.1, 0.15) is 6.61 Å². The molecule has 1 saturated heterocycles. The summed E-state index contributed by atoms with van der Waals surface area (Å²) in [5, 5.41) is 2.83. The lowest BCUT2D eigenvalue weighted by atomic mass is 10.2. The quantitative estimate of drug-likeness (QED) is 0.645. The van der Waals surface area contributed by atoms with Crippen molar-refractivity contribution in [1.82, 2.24) is 20.3 Å². The molecule has 0 aromatic carbocycles. The second-order valence-electron chi connectivity index (χ2n) is 4.17. The van der Waals surface area contributed by atoms with Gasteiger partial charge in [-0.15, -0.1) is 0 Å². The standard InChI is InChI=1S/C10H12N6O2/c11-10-15-8-7(12-4-13-8)9(16-10)18-3-5-1-2-6(17)14-5/h4-5H,1-3H2,(H,14,17)(H3,11,12,13,15,16)/p+1. The van der Waals surface area contributed by atoms with Crippen molar-refractivity contribution in [2.24, 2.45) is 0 Å². The number of aromatic amines is 2. The van der Waals surface area contributed by atoms with Crippen molar-refractivity contribution in [2.45, 2.75) is 18.9 Å². The van der Waals surface area contributed by atoms with Crippen LogP contribution in [0.1, 0.15) is 12.8 Å². The highest BCUT2D eigenvalue weighted by Crippen LogP contribution is 2.17. The Bertz CT molecular complexity index is 595. The van der Waals surface area contributed by atoms with Gasteiger partial charge < -0.3 is 15.0 Å². The molecule has 0 radical (unpaired) electrons. The van der Waals surface area contributed by atoms with E-state index in [1.54, 1.807) is 0 Å². The number of nitrogens with two attached hydrogens (primary N) is 1. The van der Waals surface area contributed by atoms with Crippen LogP contribution in [0.2, 0.25) is 0 Å². The van der Waals surface area contributed by atoms with Gasteiger partial charge in [-0.1, -0.05) is 0 Å². The van der Waals surface area contributed by atoms with E-state index in [1.165, 1.54) is 6.33 Å². The average molecular weight is 249 g/mol. The van der Waals surface area contributed by atoms with Crippen LogP contribution in [-0.2, 0) is 4.79 Å². The first-order chi connectivity index (χ1) is 8.72. The Morgan fingerprint density at radius 1 is 1.61 bits per heavy atom. The lowest BCUT2D eigenvalue weighted by Gasteiger charge is -2.10. The van der Waals surface area contributed by atoms with E-state index in [4.69, 9.17) is 10.5 Å². The second-order valence-corrected chi connectivity index (χ2v) is 4.17. The summed E-state index contributed by atoms with van der Waals surface area (Å²) in [4.78, 5) is 24.9. The largest absolute Gasteiger partial charge is 0.464 e. The fourth-order valence-corrected chi connectivity index (χ4v) is 1.95. The van der Waals surface area contributed by atoms with E-state index < -0.39 is 0 Å². The van der Waals surface area contributed by atoms with Gasteiger partial charge >= 0.3 is 5.95 Å². The molecule has 0 aliphatic carbocycles. The van der Waals surface area contributed by atoms with Gasteiger partial charge in [-0.3, -0.25) is 10.5 Å². The zero-order valence-electron chi connectivity index (χ0n) is 9.56. The number of nitrogen functional groups attached to an aromatic ring is 1. The molecule has 18 heavy (non-hydrogen) atoms. The van der Waals surface area contributed by atoms with Crippen molar-refractivity contribution < 1.29 is 14.5 Å². The molecule has 0 bridgehead atoms. The number of nitrogens with zero attached hydrogens (tertiary/aromatic N) is 2. The Morgan fingerprint density at radius 2 is 2.50 bits per heavy atom. The molecule has 0 saturated carbocycles. The summed E-state index contributed by atoms with van der Waals surface area (Å²) < 4.78 is 5.63. The third-order valence-corrected chi connectivity index (χ3v) is 2.83. The topological polar surface area (TPSA) is 120 Å². The SMILES string of the molecule is Nc1nc2nc[nH]c2c(OCC2CCC(=O)N2)[nH+]1. The van der Waals surface area contributed by atoms with E-state index in [2.05, 4.69) is 25.3 Å². The summed E-state index contributed by atoms with van der Waals surface area (Å²) in [5.41, 5.74) is 6.78. The van der Waals surface area contributed by atoms with Crippen molar-refractivity contribution >= 4 is 23.0 Å². The Balaban J connectivity index is 1.77. The average Bonchev–Trinajstić information content (AvgIpc) is 2.94. The molecule has 1 amide bonds. The maximum Gasteiger partial charge on any atom is 0.392 e. The first-order valence-corrected chi connectivity index (χ1v) is 5.66. The first-order valence-electron chi connectivity index (χ1n) is 5.66. The van der Waals surface area contributed by atoms with E-state index in [0.29, 0.717) is 30.1 Å². The minimum atomic E-state index is 0.0401. The molecule has 1 unspecified atom stereocenters. The summed E-state index contributed by atoms with van der Waals surface area (Å²) in [6.45, 7) is 0.389. The van der Waals surface area contributed by atoms with Crippen LogP contribution in [0.4, 0.5) is 5.95 Å². The fourth-order valence-electron chi connectivity index (χ4n) is 1.95. The number of carbonyl (C=O) groups excluding carboxylic acids is 1. The molecule has 3 heterocycles. The van der Waals surface area contributed by atoms with E-state index in [0.717, 1.165) is 6.42 Å². The summed E-state index contributed by atoms with van der Waals surface area (Å²) >= 11 is 0. The van der Waals surface area contributed by atoms with Gasteiger partial charge in [-0.25, -0.2) is 9.97 Å². The summed E-state index contributed by atoms with van der Waals surface area (Å²) in [6.07, 6.45) is 2.86. The van der Waals surface area contributed by atoms with Crippen LogP contribution in [-0.4, -0.2) is 33.5 Å². The summed E-state index contributed by atoms with van der Waals surface area (Å²) in [6, 6.07) is 0.0401. The summed E-state index contributed by atoms with van der Waals surface area (Å²) in [7, 11) is 0. The van der Waals surface area contributed by atoms with E-state index in [9.17, 15) is 4.79 Å². The number of nitrogens with one attached hydrogen (secondary N) is 3. The van der Waals surface area contributed by atoms with Crippen molar-refractivity contribution in [1.29, 1.82) is 0 Å². The van der Waals surface area contributed by atoms with Crippen LogP contribution in [0.3, 0.4) is 0 Å². The van der Waals surface area contributed by atoms with Gasteiger partial charge in [0.25, 0.3) is 11.5 Å². The Labute approximate surface area is 102 Å². The monoisotopic (exact) mass is 249 g/mol. The van der Waals surface area contributed by atoms with Crippen molar-refractivity contribution in [3.8, 4) is 5.88 Å². The zero-order chi connectivity index (χ0) is 12.5. The van der Waals surface area contributed by atoms with E-state index >= 15 is 0 Å². The number of aromatic nitrogens is 4. The van der Waals surface area contributed by atoms with Gasteiger partial charge in [0.15, 0.2) is 5.52 Å². The second kappa shape index (κ2) is 4.13. The van der Waals surface area contributed by atoms with Gasteiger partial charge in [0.05, 0.1) is 12.4 Å². The minimum absolute atomic E-state index is 0.0401. The number of imidazole rings is 1. The number of rotatable bonds is 3. The van der Waals surface area contributed by atoms with Crippen LogP contribution in [0.15, 0.2) is 6.33 Å². The number of anilines is 1. The number of hydrogen-bond donors (Lipinski definition) is 3. The van der Waals surface area contributed by atoms with Crippen molar-refractivity contribution in [3.05, 3.63) is 6.33 Å². The van der Waals surface area contributed by atoms with Gasteiger partial charge in [-0.2, -0.15) is 0 Å². The first kappa shape index (κ1) is 10.8. The minimum Gasteiger partial charge on any atom is -0.464 e. The molecule has 3 rings (SSSR count). The molecular weight excluding hydrogens is 236 g/mol. The lowest BCUT2D eigenvalue weighted by Crippen LogP contribution is -2.32. The molecular formula is C10H13N6O2+. The molecule has 1 aliphatic rings. The number of amides is 1. The van der Waals surface area contributed by atoms with Crippen molar-refractivity contribution in [3.63, 3.8) is 0 Å². The number of H-pyrrole nitrogens is 2. The van der Waals surface area contributed by atoms with E-state index in [1.807, 2.05) is 0 Å². The van der Waals surface area contributed by atoms with Gasteiger partial charge in [-0.05, 0) is 11.4 Å². The predicted octanol–water partition coefficient (Wildman–Crippen LogP) is -0.988. The summed E-state index contributed by atoms with van der Waals surface area (Å²) in [5.74, 6) is 0.782. The van der Waals surface area contributed by atoms with Gasteiger partial charge in [0, 0.05) is 6.42 Å². The maximum atomic E-state index is 11.1. The Morgan fingerprint density at radius 3 is 3.28 bits per heavy atom. The third-order valence-electron chi connectivity index (χ3n) is 2.83. The molecule has 94 valence electrons. The molecule has 1 fully saturated rings. The van der Waals surface area contributed by atoms with Crippen LogP contribution in [0.25, 0.3) is 11.2 Å². The number of ether oxygens (including phenoxy) is 1. The van der Waals surface area contributed by atoms with E-state index in [-0.39, 0.29) is 17.9 Å².